The Morgan fingerprint density at radius 2 is 2.07 bits per heavy atom. The lowest BCUT2D eigenvalue weighted by atomic mass is 10.1. The number of furan rings is 1. The number of fused-ring (bicyclic) bond motifs is 1. The molecule has 3 heterocycles. The molecule has 0 unspecified atom stereocenters. The van der Waals surface area contributed by atoms with Gasteiger partial charge in [0, 0.05) is 6.54 Å². The van der Waals surface area contributed by atoms with Crippen molar-refractivity contribution in [3.05, 3.63) is 82.4 Å². The third kappa shape index (κ3) is 3.44. The van der Waals surface area contributed by atoms with Crippen LogP contribution in [0.15, 0.2) is 64.4 Å². The second-order valence-electron chi connectivity index (χ2n) is 6.44. The Labute approximate surface area is 160 Å². The van der Waals surface area contributed by atoms with Crippen LogP contribution in [0.2, 0.25) is 0 Å². The molecule has 142 valence electrons. The summed E-state index contributed by atoms with van der Waals surface area (Å²) < 4.78 is 8.24. The van der Waals surface area contributed by atoms with Gasteiger partial charge in [-0.05, 0) is 30.2 Å². The highest BCUT2D eigenvalue weighted by Gasteiger charge is 2.12. The third-order valence-corrected chi connectivity index (χ3v) is 4.58. The van der Waals surface area contributed by atoms with Crippen LogP contribution in [0.1, 0.15) is 21.7 Å². The summed E-state index contributed by atoms with van der Waals surface area (Å²) in [5.41, 5.74) is 2.55. The molecule has 0 bridgehead atoms. The van der Waals surface area contributed by atoms with Crippen LogP contribution in [0.25, 0.3) is 11.0 Å². The van der Waals surface area contributed by atoms with Gasteiger partial charge in [0.25, 0.3) is 11.5 Å². The summed E-state index contributed by atoms with van der Waals surface area (Å²) in [6.45, 7) is 3.20. The van der Waals surface area contributed by atoms with Crippen LogP contribution in [0.5, 0.6) is 0 Å². The van der Waals surface area contributed by atoms with E-state index in [9.17, 15) is 9.59 Å². The molecule has 0 saturated heterocycles. The van der Waals surface area contributed by atoms with E-state index in [-0.39, 0.29) is 17.2 Å². The minimum atomic E-state index is -0.296. The molecule has 0 spiro atoms. The molecule has 3 aromatic heterocycles. The van der Waals surface area contributed by atoms with Gasteiger partial charge in [0.15, 0.2) is 11.4 Å². The van der Waals surface area contributed by atoms with Gasteiger partial charge in [-0.2, -0.15) is 5.10 Å². The number of hydrogen-bond donors (Lipinski definition) is 1. The third-order valence-electron chi connectivity index (χ3n) is 4.58. The lowest BCUT2D eigenvalue weighted by molar-refractivity contribution is 0.0924. The highest BCUT2D eigenvalue weighted by molar-refractivity contribution is 5.91. The van der Waals surface area contributed by atoms with Gasteiger partial charge >= 0.3 is 0 Å². The molecule has 0 aliphatic carbocycles. The monoisotopic (exact) mass is 377 g/mol. The summed E-state index contributed by atoms with van der Waals surface area (Å²) in [7, 11) is 0. The van der Waals surface area contributed by atoms with E-state index in [2.05, 4.69) is 15.4 Å². The van der Waals surface area contributed by atoms with Gasteiger partial charge in [0.2, 0.25) is 0 Å². The Balaban J connectivity index is 1.49. The first-order valence-corrected chi connectivity index (χ1v) is 8.90. The van der Waals surface area contributed by atoms with Crippen molar-refractivity contribution in [1.82, 2.24) is 24.6 Å². The van der Waals surface area contributed by atoms with Gasteiger partial charge in [-0.15, -0.1) is 0 Å². The van der Waals surface area contributed by atoms with Gasteiger partial charge in [-0.25, -0.2) is 9.67 Å². The molecule has 0 fully saturated rings. The first kappa shape index (κ1) is 17.7. The van der Waals surface area contributed by atoms with Crippen molar-refractivity contribution in [2.45, 2.75) is 20.0 Å². The Bertz CT molecular complexity index is 1170. The lowest BCUT2D eigenvalue weighted by Gasteiger charge is -2.09. The van der Waals surface area contributed by atoms with E-state index >= 15 is 0 Å². The average molecular weight is 377 g/mol. The van der Waals surface area contributed by atoms with Crippen molar-refractivity contribution in [2.75, 3.05) is 6.54 Å². The van der Waals surface area contributed by atoms with Crippen molar-refractivity contribution >= 4 is 16.9 Å². The molecule has 0 radical (unpaired) electrons. The van der Waals surface area contributed by atoms with Crippen molar-refractivity contribution in [1.29, 1.82) is 0 Å². The smallest absolute Gasteiger partial charge is 0.287 e. The number of amides is 1. The highest BCUT2D eigenvalue weighted by atomic mass is 16.3. The SMILES string of the molecule is Cc1ccccc1Cn1cnc2c(cnn2CCNC(=O)c2ccco2)c1=O. The lowest BCUT2D eigenvalue weighted by Crippen LogP contribution is -2.27. The maximum Gasteiger partial charge on any atom is 0.287 e. The van der Waals surface area contributed by atoms with Crippen molar-refractivity contribution in [3.8, 4) is 0 Å². The van der Waals surface area contributed by atoms with E-state index in [1.54, 1.807) is 21.4 Å². The van der Waals surface area contributed by atoms with Crippen LogP contribution in [0.3, 0.4) is 0 Å². The number of hydrogen-bond acceptors (Lipinski definition) is 5. The quantitative estimate of drug-likeness (QED) is 0.554. The minimum absolute atomic E-state index is 0.140. The van der Waals surface area contributed by atoms with Crippen LogP contribution in [0.4, 0.5) is 0 Å². The van der Waals surface area contributed by atoms with Crippen LogP contribution < -0.4 is 10.9 Å². The summed E-state index contributed by atoms with van der Waals surface area (Å²) in [4.78, 5) is 29.1. The zero-order chi connectivity index (χ0) is 19.5. The number of aryl methyl sites for hydroxylation is 1. The average Bonchev–Trinajstić information content (AvgIpc) is 3.36. The normalized spacial score (nSPS) is 11.0. The Morgan fingerprint density at radius 3 is 2.86 bits per heavy atom. The van der Waals surface area contributed by atoms with Crippen LogP contribution in [-0.4, -0.2) is 31.8 Å². The van der Waals surface area contributed by atoms with E-state index in [4.69, 9.17) is 4.42 Å². The molecular formula is C20H19N5O3. The second-order valence-corrected chi connectivity index (χ2v) is 6.44. The van der Waals surface area contributed by atoms with Gasteiger partial charge in [0.1, 0.15) is 11.7 Å². The Kier molecular flexibility index (Phi) is 4.76. The fraction of sp³-hybridized carbons (Fsp3) is 0.200. The highest BCUT2D eigenvalue weighted by Crippen LogP contribution is 2.10. The summed E-state index contributed by atoms with van der Waals surface area (Å²) in [5.74, 6) is -0.0439. The molecule has 0 aliphatic heterocycles. The minimum Gasteiger partial charge on any atom is -0.459 e. The fourth-order valence-electron chi connectivity index (χ4n) is 3.01. The first-order chi connectivity index (χ1) is 13.6. The topological polar surface area (TPSA) is 95.0 Å². The Morgan fingerprint density at radius 1 is 1.21 bits per heavy atom. The van der Waals surface area contributed by atoms with E-state index in [0.717, 1.165) is 11.1 Å². The van der Waals surface area contributed by atoms with E-state index < -0.39 is 0 Å². The first-order valence-electron chi connectivity index (χ1n) is 8.90. The van der Waals surface area contributed by atoms with E-state index in [1.165, 1.54) is 18.8 Å². The Hall–Kier alpha value is -3.68. The number of nitrogens with zero attached hydrogens (tertiary/aromatic N) is 4. The van der Waals surface area contributed by atoms with Gasteiger partial charge in [-0.3, -0.25) is 14.2 Å². The molecule has 8 nitrogen and oxygen atoms in total. The molecule has 1 aromatic carbocycles. The molecule has 8 heteroatoms. The molecule has 4 rings (SSSR count). The van der Waals surface area contributed by atoms with Gasteiger partial charge in [-0.1, -0.05) is 24.3 Å². The molecule has 0 aliphatic rings. The zero-order valence-electron chi connectivity index (χ0n) is 15.3. The number of rotatable bonds is 6. The summed E-state index contributed by atoms with van der Waals surface area (Å²) >= 11 is 0. The molecular weight excluding hydrogens is 358 g/mol. The van der Waals surface area contributed by atoms with Crippen LogP contribution >= 0.6 is 0 Å². The summed E-state index contributed by atoms with van der Waals surface area (Å²) in [6.07, 6.45) is 4.51. The van der Waals surface area contributed by atoms with Crippen molar-refractivity contribution in [3.63, 3.8) is 0 Å². The molecule has 1 N–H and O–H groups in total. The molecule has 0 saturated carbocycles. The standard InChI is InChI=1S/C20H19N5O3/c1-14-5-2-3-6-15(14)12-24-13-22-18-16(20(24)27)11-23-25(18)9-8-21-19(26)17-7-4-10-28-17/h2-7,10-11,13H,8-9,12H2,1H3,(H,21,26). The number of nitrogens with one attached hydrogen (secondary N) is 1. The zero-order valence-corrected chi connectivity index (χ0v) is 15.3. The predicted molar refractivity (Wildman–Crippen MR) is 103 cm³/mol. The molecule has 1 amide bonds. The number of carbonyl (C=O) groups excluding carboxylic acids is 1. The number of aromatic nitrogens is 4. The van der Waals surface area contributed by atoms with Crippen molar-refractivity contribution < 1.29 is 9.21 Å². The molecule has 4 aromatic rings. The number of benzene rings is 1. The van der Waals surface area contributed by atoms with Crippen LogP contribution in [0, 0.1) is 6.92 Å². The molecule has 28 heavy (non-hydrogen) atoms. The van der Waals surface area contributed by atoms with Gasteiger partial charge < -0.3 is 9.73 Å². The molecule has 0 atom stereocenters. The maximum atomic E-state index is 12.8. The van der Waals surface area contributed by atoms with E-state index in [1.807, 2.05) is 31.2 Å². The van der Waals surface area contributed by atoms with E-state index in [0.29, 0.717) is 30.7 Å². The largest absolute Gasteiger partial charge is 0.459 e. The fourth-order valence-corrected chi connectivity index (χ4v) is 3.01. The predicted octanol–water partition coefficient (Wildman–Crippen LogP) is 1.97. The maximum absolute atomic E-state index is 12.8. The summed E-state index contributed by atoms with van der Waals surface area (Å²) in [6, 6.07) is 11.2. The summed E-state index contributed by atoms with van der Waals surface area (Å²) in [5, 5.41) is 7.45. The second kappa shape index (κ2) is 7.51. The van der Waals surface area contributed by atoms with Gasteiger partial charge in [0.05, 0.1) is 25.5 Å². The van der Waals surface area contributed by atoms with Crippen molar-refractivity contribution in [2.24, 2.45) is 0 Å². The number of carbonyl (C=O) groups is 1. The van der Waals surface area contributed by atoms with Crippen LogP contribution in [-0.2, 0) is 13.1 Å².